The van der Waals surface area contributed by atoms with Gasteiger partial charge >= 0.3 is 0 Å². The van der Waals surface area contributed by atoms with E-state index < -0.39 is 16.6 Å². The summed E-state index contributed by atoms with van der Waals surface area (Å²) in [6.45, 7) is 0. The van der Waals surface area contributed by atoms with Crippen molar-refractivity contribution in [3.63, 3.8) is 0 Å². The highest BCUT2D eigenvalue weighted by Gasteiger charge is 2.18. The molecule has 0 aliphatic heterocycles. The highest BCUT2D eigenvalue weighted by atomic mass is 16.3. The van der Waals surface area contributed by atoms with Gasteiger partial charge < -0.3 is 20.6 Å². The fourth-order valence-electron chi connectivity index (χ4n) is 2.12. The second-order valence-corrected chi connectivity index (χ2v) is 5.03. The van der Waals surface area contributed by atoms with Crippen molar-refractivity contribution in [1.82, 2.24) is 0 Å². The maximum absolute atomic E-state index is 12.0. The van der Waals surface area contributed by atoms with E-state index in [1.807, 2.05) is 0 Å². The number of anilines is 2. The molecule has 120 valence electrons. The molecule has 0 aromatic heterocycles. The Balaban J connectivity index is 2.07. The minimum atomic E-state index is -0.929. The zero-order valence-electron chi connectivity index (χ0n) is 12.2. The van der Waals surface area contributed by atoms with Gasteiger partial charge in [-0.15, -0.1) is 0 Å². The van der Waals surface area contributed by atoms with E-state index in [4.69, 9.17) is 0 Å². The van der Waals surface area contributed by atoms with E-state index in [9.17, 15) is 24.9 Å². The molecule has 3 aromatic carbocycles. The first-order valence-corrected chi connectivity index (χ1v) is 6.92. The highest BCUT2D eigenvalue weighted by molar-refractivity contribution is 5.67. The van der Waals surface area contributed by atoms with E-state index in [1.54, 1.807) is 0 Å². The van der Waals surface area contributed by atoms with Gasteiger partial charge in [0.15, 0.2) is 11.1 Å². The molecule has 0 saturated heterocycles. The Morgan fingerprint density at radius 1 is 0.750 bits per heavy atom. The smallest absolute Gasteiger partial charge is 0.257 e. The van der Waals surface area contributed by atoms with Crippen LogP contribution in [-0.4, -0.2) is 15.3 Å². The van der Waals surface area contributed by atoms with Gasteiger partial charge in [0.05, 0.1) is 5.69 Å². The van der Waals surface area contributed by atoms with Crippen molar-refractivity contribution >= 4 is 17.1 Å². The first kappa shape index (κ1) is 15.3. The molecule has 0 fully saturated rings. The van der Waals surface area contributed by atoms with Gasteiger partial charge in [0.1, 0.15) is 17.2 Å². The average Bonchev–Trinajstić information content (AvgIpc) is 2.76. The molecule has 3 aromatic rings. The number of nitrogens with zero attached hydrogens (tertiary/aromatic N) is 1. The minimum Gasteiger partial charge on any atom is -0.508 e. The van der Waals surface area contributed by atoms with E-state index >= 15 is 0 Å². The van der Waals surface area contributed by atoms with Crippen LogP contribution in [0.2, 0.25) is 0 Å². The summed E-state index contributed by atoms with van der Waals surface area (Å²) in [5.74, 6) is -0.476. The molecule has 4 N–H and O–H groups in total. The Labute approximate surface area is 135 Å². The van der Waals surface area contributed by atoms with Crippen molar-refractivity contribution in [2.75, 3.05) is 5.32 Å². The van der Waals surface area contributed by atoms with E-state index in [2.05, 4.69) is 10.3 Å². The standard InChI is InChI=1S/C17H12N2O5/c20-11-5-1-9(2-6-11)18-13-15(22)14(17(24)16(13)23)19-10-3-7-12(21)8-4-10/h1-8,18,20-22H. The van der Waals surface area contributed by atoms with Crippen molar-refractivity contribution in [3.05, 3.63) is 74.3 Å². The number of hydrogen-bond donors (Lipinski definition) is 4. The van der Waals surface area contributed by atoms with Crippen molar-refractivity contribution in [3.8, 4) is 17.2 Å². The molecule has 0 spiro atoms. The molecule has 0 saturated carbocycles. The van der Waals surface area contributed by atoms with Crippen LogP contribution in [0.1, 0.15) is 0 Å². The zero-order valence-corrected chi connectivity index (χ0v) is 12.2. The first-order chi connectivity index (χ1) is 11.5. The third-order valence-corrected chi connectivity index (χ3v) is 3.34. The van der Waals surface area contributed by atoms with Crippen molar-refractivity contribution in [2.24, 2.45) is 4.99 Å². The molecular weight excluding hydrogens is 312 g/mol. The molecule has 0 heterocycles. The van der Waals surface area contributed by atoms with Crippen LogP contribution >= 0.6 is 0 Å². The lowest BCUT2D eigenvalue weighted by Gasteiger charge is -2.03. The number of rotatable bonds is 3. The number of benzene rings is 2. The Hall–Kier alpha value is -3.61. The third-order valence-electron chi connectivity index (χ3n) is 3.34. The van der Waals surface area contributed by atoms with Gasteiger partial charge in [-0.1, -0.05) is 0 Å². The van der Waals surface area contributed by atoms with Crippen molar-refractivity contribution in [2.45, 2.75) is 0 Å². The number of phenolic OH excluding ortho intramolecular Hbond substituents is 2. The third kappa shape index (κ3) is 2.82. The molecule has 0 atom stereocenters. The highest BCUT2D eigenvalue weighted by Crippen LogP contribution is 2.22. The quantitative estimate of drug-likeness (QED) is 0.427. The molecule has 7 nitrogen and oxygen atoms in total. The van der Waals surface area contributed by atoms with Crippen LogP contribution in [0.25, 0.3) is 0 Å². The fraction of sp³-hybridized carbons (Fsp3) is 0. The molecule has 0 amide bonds. The van der Waals surface area contributed by atoms with Gasteiger partial charge in [-0.05, 0) is 48.5 Å². The largest absolute Gasteiger partial charge is 0.508 e. The molecular formula is C17H12N2O5. The van der Waals surface area contributed by atoms with E-state index in [0.717, 1.165) is 0 Å². The molecule has 0 aliphatic rings. The van der Waals surface area contributed by atoms with Crippen LogP contribution in [-0.2, 0) is 0 Å². The van der Waals surface area contributed by atoms with Crippen LogP contribution in [0.3, 0.4) is 0 Å². The summed E-state index contributed by atoms with van der Waals surface area (Å²) < 4.78 is 0. The van der Waals surface area contributed by atoms with Gasteiger partial charge in [0.25, 0.3) is 10.9 Å². The van der Waals surface area contributed by atoms with Gasteiger partial charge in [-0.3, -0.25) is 9.59 Å². The summed E-state index contributed by atoms with van der Waals surface area (Å²) in [6.07, 6.45) is 0. The number of nitrogens with one attached hydrogen (secondary N) is 1. The lowest BCUT2D eigenvalue weighted by molar-refractivity contribution is 0.472. The number of phenols is 2. The van der Waals surface area contributed by atoms with Crippen molar-refractivity contribution < 1.29 is 15.3 Å². The Morgan fingerprint density at radius 2 is 1.29 bits per heavy atom. The fourth-order valence-corrected chi connectivity index (χ4v) is 2.12. The zero-order chi connectivity index (χ0) is 17.3. The summed E-state index contributed by atoms with van der Waals surface area (Å²) >= 11 is 0. The molecule has 0 radical (unpaired) electrons. The first-order valence-electron chi connectivity index (χ1n) is 6.92. The Morgan fingerprint density at radius 3 is 1.88 bits per heavy atom. The van der Waals surface area contributed by atoms with Crippen molar-refractivity contribution in [1.29, 1.82) is 0 Å². The van der Waals surface area contributed by atoms with Gasteiger partial charge in [0, 0.05) is 5.69 Å². The summed E-state index contributed by atoms with van der Waals surface area (Å²) in [4.78, 5) is 28.0. The maximum Gasteiger partial charge on any atom is 0.257 e. The lowest BCUT2D eigenvalue weighted by Crippen LogP contribution is -2.30. The second kappa shape index (κ2) is 5.88. The lowest BCUT2D eigenvalue weighted by atomic mass is 10.3. The molecule has 24 heavy (non-hydrogen) atoms. The summed E-state index contributed by atoms with van der Waals surface area (Å²) in [6, 6.07) is 11.4. The van der Waals surface area contributed by atoms with E-state index in [0.29, 0.717) is 11.4 Å². The van der Waals surface area contributed by atoms with E-state index in [-0.39, 0.29) is 22.5 Å². The maximum atomic E-state index is 12.0. The van der Waals surface area contributed by atoms with Crippen LogP contribution in [0, 0.1) is 0 Å². The van der Waals surface area contributed by atoms with Gasteiger partial charge in [-0.25, -0.2) is 4.99 Å². The normalized spacial score (nSPS) is 11.6. The Bertz CT molecular complexity index is 1030. The predicted octanol–water partition coefficient (Wildman–Crippen LogP) is 1.38. The molecule has 3 rings (SSSR count). The van der Waals surface area contributed by atoms with Crippen LogP contribution in [0.4, 0.5) is 17.1 Å². The topological polar surface area (TPSA) is 119 Å². The van der Waals surface area contributed by atoms with Crippen LogP contribution in [0.15, 0.2) is 63.1 Å². The SMILES string of the molecule is O=c1c(Nc2ccc(O)cc2)c(O)c(=Nc2ccc(O)cc2)c1=O. The molecule has 0 bridgehead atoms. The second-order valence-electron chi connectivity index (χ2n) is 5.03. The summed E-state index contributed by atoms with van der Waals surface area (Å²) in [7, 11) is 0. The average molecular weight is 324 g/mol. The monoisotopic (exact) mass is 324 g/mol. The molecule has 0 unspecified atom stereocenters. The number of aromatic hydroxyl groups is 3. The molecule has 0 aliphatic carbocycles. The van der Waals surface area contributed by atoms with Gasteiger partial charge in [0.2, 0.25) is 0 Å². The summed E-state index contributed by atoms with van der Waals surface area (Å²) in [5.41, 5.74) is -1.38. The molecule has 7 heteroatoms. The Kier molecular flexibility index (Phi) is 3.75. The van der Waals surface area contributed by atoms with Gasteiger partial charge in [-0.2, -0.15) is 0 Å². The number of hydrogen-bond acceptors (Lipinski definition) is 7. The predicted molar refractivity (Wildman–Crippen MR) is 87.7 cm³/mol. The van der Waals surface area contributed by atoms with Crippen LogP contribution < -0.4 is 21.5 Å². The minimum absolute atomic E-state index is 0.0298. The summed E-state index contributed by atoms with van der Waals surface area (Å²) in [5, 5.41) is 30.9. The van der Waals surface area contributed by atoms with E-state index in [1.165, 1.54) is 48.5 Å². The van der Waals surface area contributed by atoms with Crippen LogP contribution in [0.5, 0.6) is 17.2 Å².